The zero-order valence-electron chi connectivity index (χ0n) is 5.66. The molecule has 1 aliphatic rings. The van der Waals surface area contributed by atoms with Gasteiger partial charge in [0.1, 0.15) is 0 Å². The molecule has 1 heterocycles. The van der Waals surface area contributed by atoms with Crippen molar-refractivity contribution >= 4 is 5.91 Å². The van der Waals surface area contributed by atoms with Gasteiger partial charge in [-0.3, -0.25) is 4.79 Å². The molecule has 0 saturated carbocycles. The van der Waals surface area contributed by atoms with Crippen LogP contribution < -0.4 is 5.32 Å². The molecule has 1 aromatic rings. The lowest BCUT2D eigenvalue weighted by Crippen LogP contribution is -2.18. The number of amides is 1. The molecule has 1 aromatic carbocycles. The van der Waals surface area contributed by atoms with Crippen LogP contribution in [-0.2, 0) is 0 Å². The van der Waals surface area contributed by atoms with Crippen molar-refractivity contribution < 1.29 is 9.90 Å². The highest BCUT2D eigenvalue weighted by atomic mass is 16.3. The van der Waals surface area contributed by atoms with E-state index in [9.17, 15) is 9.90 Å². The molecular weight excluding hydrogens is 142 g/mol. The summed E-state index contributed by atoms with van der Waals surface area (Å²) in [5.74, 6) is -0.256. The minimum atomic E-state index is -0.852. The number of hydrogen-bond donors (Lipinski definition) is 2. The van der Waals surface area contributed by atoms with Gasteiger partial charge < -0.3 is 10.4 Å². The maximum Gasteiger partial charge on any atom is 0.254 e. The number of nitrogens with one attached hydrogen (secondary N) is 1. The molecule has 11 heavy (non-hydrogen) atoms. The van der Waals surface area contributed by atoms with Gasteiger partial charge in [-0.05, 0) is 6.07 Å². The third-order valence-corrected chi connectivity index (χ3v) is 1.68. The van der Waals surface area contributed by atoms with Gasteiger partial charge in [0.05, 0.1) is 5.56 Å². The fraction of sp³-hybridized carbons (Fsp3) is 0.125. The molecule has 55 valence electrons. The Labute approximate surface area is 63.7 Å². The van der Waals surface area contributed by atoms with Crippen molar-refractivity contribution in [2.45, 2.75) is 6.23 Å². The molecule has 0 saturated heterocycles. The summed E-state index contributed by atoms with van der Waals surface area (Å²) in [6.45, 7) is 0. The number of rotatable bonds is 0. The Bertz CT molecular complexity index is 309. The summed E-state index contributed by atoms with van der Waals surface area (Å²) in [7, 11) is 0. The Morgan fingerprint density at radius 2 is 2.45 bits per heavy atom. The predicted molar refractivity (Wildman–Crippen MR) is 37.7 cm³/mol. The molecule has 1 radical (unpaired) electrons. The standard InChI is InChI=1S/C8H6NO2/c10-7-5-3-1-2-4-6(5)8(11)9-7/h1-3,7,10H,(H,9,11). The second-order valence-corrected chi connectivity index (χ2v) is 2.38. The maximum atomic E-state index is 11.0. The monoisotopic (exact) mass is 148 g/mol. The van der Waals surface area contributed by atoms with Gasteiger partial charge in [0.25, 0.3) is 5.91 Å². The van der Waals surface area contributed by atoms with E-state index in [2.05, 4.69) is 11.4 Å². The molecule has 3 heteroatoms. The quantitative estimate of drug-likeness (QED) is 0.553. The topological polar surface area (TPSA) is 49.3 Å². The third kappa shape index (κ3) is 0.816. The van der Waals surface area contributed by atoms with E-state index < -0.39 is 6.23 Å². The van der Waals surface area contributed by atoms with Crippen LogP contribution in [0.2, 0.25) is 0 Å². The maximum absolute atomic E-state index is 11.0. The number of carbonyl (C=O) groups is 1. The third-order valence-electron chi connectivity index (χ3n) is 1.68. The Hall–Kier alpha value is -1.35. The van der Waals surface area contributed by atoms with Gasteiger partial charge in [-0.2, -0.15) is 0 Å². The first kappa shape index (κ1) is 6.37. The highest BCUT2D eigenvalue weighted by Gasteiger charge is 2.25. The van der Waals surface area contributed by atoms with Gasteiger partial charge in [-0.1, -0.05) is 18.2 Å². The number of aliphatic hydroxyl groups excluding tert-OH is 1. The summed E-state index contributed by atoms with van der Waals surface area (Å²) in [5.41, 5.74) is 1.05. The van der Waals surface area contributed by atoms with Gasteiger partial charge in [-0.25, -0.2) is 0 Å². The summed E-state index contributed by atoms with van der Waals surface area (Å²) >= 11 is 0. The van der Waals surface area contributed by atoms with Gasteiger partial charge in [0, 0.05) is 5.56 Å². The summed E-state index contributed by atoms with van der Waals surface area (Å²) in [5, 5.41) is 11.6. The van der Waals surface area contributed by atoms with Crippen LogP contribution in [0.5, 0.6) is 0 Å². The van der Waals surface area contributed by atoms with E-state index in [-0.39, 0.29) is 5.91 Å². The minimum absolute atomic E-state index is 0.256. The molecule has 2 rings (SSSR count). The van der Waals surface area contributed by atoms with Crippen LogP contribution in [0.3, 0.4) is 0 Å². The SMILES string of the molecule is O=C1NC(O)c2ccc[c]c21. The number of aliphatic hydroxyl groups is 1. The van der Waals surface area contributed by atoms with Crippen molar-refractivity contribution in [1.82, 2.24) is 5.32 Å². The van der Waals surface area contributed by atoms with Crippen LogP contribution in [0.15, 0.2) is 18.2 Å². The molecule has 1 aliphatic heterocycles. The Morgan fingerprint density at radius 1 is 1.64 bits per heavy atom. The Kier molecular flexibility index (Phi) is 1.20. The largest absolute Gasteiger partial charge is 0.369 e. The molecule has 1 amide bonds. The van der Waals surface area contributed by atoms with Crippen LogP contribution in [0.25, 0.3) is 0 Å². The van der Waals surface area contributed by atoms with Crippen LogP contribution in [-0.4, -0.2) is 11.0 Å². The van der Waals surface area contributed by atoms with Crippen LogP contribution in [0.1, 0.15) is 22.1 Å². The number of benzene rings is 1. The highest BCUT2D eigenvalue weighted by molar-refractivity contribution is 5.98. The van der Waals surface area contributed by atoms with Crippen molar-refractivity contribution in [1.29, 1.82) is 0 Å². The number of fused-ring (bicyclic) bond motifs is 1. The molecule has 0 bridgehead atoms. The number of carbonyl (C=O) groups excluding carboxylic acids is 1. The zero-order valence-corrected chi connectivity index (χ0v) is 5.66. The molecular formula is C8H6NO2. The second-order valence-electron chi connectivity index (χ2n) is 2.38. The van der Waals surface area contributed by atoms with E-state index in [0.717, 1.165) is 0 Å². The fourth-order valence-corrected chi connectivity index (χ4v) is 1.15. The van der Waals surface area contributed by atoms with E-state index in [1.165, 1.54) is 0 Å². The van der Waals surface area contributed by atoms with Crippen molar-refractivity contribution in [3.8, 4) is 0 Å². The number of hydrogen-bond acceptors (Lipinski definition) is 2. The summed E-state index contributed by atoms with van der Waals surface area (Å²) in [6.07, 6.45) is -0.852. The van der Waals surface area contributed by atoms with Crippen LogP contribution >= 0.6 is 0 Å². The first-order valence-corrected chi connectivity index (χ1v) is 3.28. The van der Waals surface area contributed by atoms with Gasteiger partial charge >= 0.3 is 0 Å². The minimum Gasteiger partial charge on any atom is -0.369 e. The van der Waals surface area contributed by atoms with Gasteiger partial charge in [-0.15, -0.1) is 0 Å². The van der Waals surface area contributed by atoms with E-state index in [1.54, 1.807) is 18.2 Å². The van der Waals surface area contributed by atoms with E-state index >= 15 is 0 Å². The zero-order chi connectivity index (χ0) is 7.84. The average molecular weight is 148 g/mol. The molecule has 1 unspecified atom stereocenters. The van der Waals surface area contributed by atoms with E-state index in [0.29, 0.717) is 11.1 Å². The molecule has 3 nitrogen and oxygen atoms in total. The Morgan fingerprint density at radius 3 is 3.18 bits per heavy atom. The summed E-state index contributed by atoms with van der Waals surface area (Å²) < 4.78 is 0. The van der Waals surface area contributed by atoms with Crippen molar-refractivity contribution in [2.24, 2.45) is 0 Å². The highest BCUT2D eigenvalue weighted by Crippen LogP contribution is 2.21. The smallest absolute Gasteiger partial charge is 0.254 e. The molecule has 2 N–H and O–H groups in total. The van der Waals surface area contributed by atoms with Crippen molar-refractivity contribution in [3.05, 3.63) is 35.4 Å². The molecule has 0 fully saturated rings. The lowest BCUT2D eigenvalue weighted by Gasteiger charge is -1.99. The van der Waals surface area contributed by atoms with Crippen molar-refractivity contribution in [3.63, 3.8) is 0 Å². The second kappa shape index (κ2) is 2.07. The predicted octanol–water partition coefficient (Wildman–Crippen LogP) is 0.221. The van der Waals surface area contributed by atoms with Gasteiger partial charge in [0.15, 0.2) is 6.23 Å². The van der Waals surface area contributed by atoms with E-state index in [4.69, 9.17) is 0 Å². The summed E-state index contributed by atoms with van der Waals surface area (Å²) in [6, 6.07) is 7.85. The molecule has 0 spiro atoms. The van der Waals surface area contributed by atoms with Crippen LogP contribution in [0.4, 0.5) is 0 Å². The summed E-state index contributed by atoms with van der Waals surface area (Å²) in [4.78, 5) is 11.0. The van der Waals surface area contributed by atoms with Crippen molar-refractivity contribution in [2.75, 3.05) is 0 Å². The first-order chi connectivity index (χ1) is 5.29. The lowest BCUT2D eigenvalue weighted by atomic mass is 10.1. The molecule has 1 atom stereocenters. The molecule has 0 aromatic heterocycles. The Balaban J connectivity index is 2.60. The molecule has 0 aliphatic carbocycles. The van der Waals surface area contributed by atoms with Crippen LogP contribution in [0, 0.1) is 6.07 Å². The average Bonchev–Trinajstić information content (AvgIpc) is 2.30. The lowest BCUT2D eigenvalue weighted by molar-refractivity contribution is 0.0850. The normalized spacial score (nSPS) is 21.2. The van der Waals surface area contributed by atoms with E-state index in [1.807, 2.05) is 0 Å². The first-order valence-electron chi connectivity index (χ1n) is 3.28. The van der Waals surface area contributed by atoms with Gasteiger partial charge in [0.2, 0.25) is 0 Å². The fourth-order valence-electron chi connectivity index (χ4n) is 1.15.